The maximum Gasteiger partial charge on any atom is 0.0645 e. The first kappa shape index (κ1) is 7.52. The van der Waals surface area contributed by atoms with Crippen LogP contribution in [0.3, 0.4) is 0 Å². The van der Waals surface area contributed by atoms with Crippen molar-refractivity contribution in [3.05, 3.63) is 12.2 Å². The second-order valence-electron chi connectivity index (χ2n) is 0.913. The third-order valence-electron chi connectivity index (χ3n) is 0.426. The number of hydrogen-bond acceptors (Lipinski definition) is 3. The molecular formula is C3H3CeN2O-. The predicted octanol–water partition coefficient (Wildman–Crippen LogP) is 0.178. The Morgan fingerprint density at radius 1 is 1.71 bits per heavy atom. The second kappa shape index (κ2) is 3.51. The summed E-state index contributed by atoms with van der Waals surface area (Å²) in [6.07, 6.45) is 2.26. The molecule has 0 aliphatic carbocycles. The zero-order chi connectivity index (χ0) is 4.41. The molecular weight excluding hydrogens is 220 g/mol. The van der Waals surface area contributed by atoms with Gasteiger partial charge in [-0.05, 0) is 6.33 Å². The van der Waals surface area contributed by atoms with E-state index >= 15 is 0 Å². The Bertz CT molecular complexity index is 116. The van der Waals surface area contributed by atoms with E-state index in [4.69, 9.17) is 0 Å². The smallest absolute Gasteiger partial charge is 0.0645 e. The summed E-state index contributed by atoms with van der Waals surface area (Å²) in [6.45, 7) is 1.71. The van der Waals surface area contributed by atoms with Crippen LogP contribution in [0.2, 0.25) is 0 Å². The third kappa shape index (κ3) is 2.35. The van der Waals surface area contributed by atoms with Gasteiger partial charge in [0.1, 0.15) is 0 Å². The molecule has 0 saturated carbocycles. The van der Waals surface area contributed by atoms with Crippen molar-refractivity contribution >= 4 is 0 Å². The SMILES string of the molecule is Cc1n[c-]no1.[Ce]. The first-order valence-electron chi connectivity index (χ1n) is 1.56. The zero-order valence-electron chi connectivity index (χ0n) is 3.80. The molecule has 36 valence electrons. The number of aryl methyl sites for hydroxylation is 1. The molecule has 0 radical (unpaired) electrons. The molecule has 0 fully saturated rings. The van der Waals surface area contributed by atoms with E-state index in [9.17, 15) is 0 Å². The minimum Gasteiger partial charge on any atom is -0.450 e. The average molecular weight is 223 g/mol. The minimum atomic E-state index is 0. The molecule has 0 N–H and O–H groups in total. The molecule has 0 saturated heterocycles. The molecule has 3 nitrogen and oxygen atoms in total. The third-order valence-corrected chi connectivity index (χ3v) is 0.426. The van der Waals surface area contributed by atoms with Crippen LogP contribution in [0.25, 0.3) is 0 Å². The predicted molar refractivity (Wildman–Crippen MR) is 17.9 cm³/mol. The molecule has 0 aromatic carbocycles. The van der Waals surface area contributed by atoms with E-state index in [-0.39, 0.29) is 41.7 Å². The maximum atomic E-state index is 4.42. The largest absolute Gasteiger partial charge is 0.450 e. The van der Waals surface area contributed by atoms with Crippen molar-refractivity contribution in [2.24, 2.45) is 0 Å². The molecule has 0 amide bonds. The standard InChI is InChI=1S/C3H3N2O.Ce/c1-3-4-2-5-6-3;/h1H3;/q-1;. The van der Waals surface area contributed by atoms with E-state index < -0.39 is 0 Å². The van der Waals surface area contributed by atoms with Crippen LogP contribution >= 0.6 is 0 Å². The van der Waals surface area contributed by atoms with Crippen LogP contribution in [0, 0.1) is 55.0 Å². The molecule has 0 aliphatic heterocycles. The Kier molecular flexibility index (Phi) is 3.77. The summed E-state index contributed by atoms with van der Waals surface area (Å²) in [5.41, 5.74) is 0. The fourth-order valence-corrected chi connectivity index (χ4v) is 0.198. The van der Waals surface area contributed by atoms with E-state index in [0.717, 1.165) is 0 Å². The Hall–Kier alpha value is 0.517. The molecule has 0 atom stereocenters. The van der Waals surface area contributed by atoms with Gasteiger partial charge in [0.15, 0.2) is 0 Å². The van der Waals surface area contributed by atoms with Gasteiger partial charge in [-0.25, -0.2) is 0 Å². The Balaban J connectivity index is 0.000000360. The number of rotatable bonds is 0. The summed E-state index contributed by atoms with van der Waals surface area (Å²) in [5, 5.41) is 3.21. The molecule has 1 heterocycles. The number of hydrogen-bond donors (Lipinski definition) is 0. The molecule has 4 heteroatoms. The van der Waals surface area contributed by atoms with Gasteiger partial charge in [0.25, 0.3) is 0 Å². The van der Waals surface area contributed by atoms with Crippen LogP contribution in [0.1, 0.15) is 5.89 Å². The summed E-state index contributed by atoms with van der Waals surface area (Å²) >= 11 is 0. The fourth-order valence-electron chi connectivity index (χ4n) is 0.198. The summed E-state index contributed by atoms with van der Waals surface area (Å²) in [5.74, 6) is 0.551. The van der Waals surface area contributed by atoms with Gasteiger partial charge in [-0.1, -0.05) is 6.92 Å². The van der Waals surface area contributed by atoms with Crippen LogP contribution in [0.15, 0.2) is 4.52 Å². The van der Waals surface area contributed by atoms with Crippen molar-refractivity contribution in [1.82, 2.24) is 10.1 Å². The van der Waals surface area contributed by atoms with E-state index in [0.29, 0.717) is 5.89 Å². The van der Waals surface area contributed by atoms with E-state index in [1.54, 1.807) is 6.92 Å². The summed E-state index contributed by atoms with van der Waals surface area (Å²) in [4.78, 5) is 3.51. The first-order valence-corrected chi connectivity index (χ1v) is 1.56. The Labute approximate surface area is 74.9 Å². The molecule has 1 rings (SSSR count). The summed E-state index contributed by atoms with van der Waals surface area (Å²) in [6, 6.07) is 0. The van der Waals surface area contributed by atoms with Gasteiger partial charge < -0.3 is 9.51 Å². The zero-order valence-corrected chi connectivity index (χ0v) is 6.94. The molecule has 1 aromatic rings. The van der Waals surface area contributed by atoms with Crippen LogP contribution in [-0.4, -0.2) is 10.1 Å². The summed E-state index contributed by atoms with van der Waals surface area (Å²) < 4.78 is 4.42. The topological polar surface area (TPSA) is 38.9 Å². The van der Waals surface area contributed by atoms with Crippen molar-refractivity contribution in [2.45, 2.75) is 6.92 Å². The van der Waals surface area contributed by atoms with Gasteiger partial charge >= 0.3 is 0 Å². The van der Waals surface area contributed by atoms with Crippen molar-refractivity contribution in [3.8, 4) is 0 Å². The summed E-state index contributed by atoms with van der Waals surface area (Å²) in [7, 11) is 0. The number of nitrogens with zero attached hydrogens (tertiary/aromatic N) is 2. The van der Waals surface area contributed by atoms with Crippen molar-refractivity contribution in [3.63, 3.8) is 0 Å². The first-order chi connectivity index (χ1) is 2.89. The van der Waals surface area contributed by atoms with Gasteiger partial charge in [-0.3, -0.25) is 0 Å². The van der Waals surface area contributed by atoms with E-state index in [2.05, 4.69) is 21.0 Å². The van der Waals surface area contributed by atoms with Gasteiger partial charge in [-0.2, -0.15) is 5.16 Å². The average Bonchev–Trinajstić information content (AvgIpc) is 1.86. The monoisotopic (exact) mass is 223 g/mol. The second-order valence-corrected chi connectivity index (χ2v) is 0.913. The van der Waals surface area contributed by atoms with Gasteiger partial charge in [0.2, 0.25) is 0 Å². The molecule has 0 spiro atoms. The van der Waals surface area contributed by atoms with Crippen molar-refractivity contribution < 1.29 is 46.3 Å². The molecule has 1 aromatic heterocycles. The fraction of sp³-hybridized carbons (Fsp3) is 0.333. The maximum absolute atomic E-state index is 4.42. The Morgan fingerprint density at radius 2 is 2.43 bits per heavy atom. The van der Waals surface area contributed by atoms with Gasteiger partial charge in [0.05, 0.1) is 5.89 Å². The van der Waals surface area contributed by atoms with Crippen LogP contribution in [0.4, 0.5) is 0 Å². The molecule has 0 unspecified atom stereocenters. The molecule has 7 heavy (non-hydrogen) atoms. The quantitative estimate of drug-likeness (QED) is 0.589. The van der Waals surface area contributed by atoms with Crippen LogP contribution in [-0.2, 0) is 0 Å². The van der Waals surface area contributed by atoms with Crippen LogP contribution in [0.5, 0.6) is 0 Å². The normalized spacial score (nSPS) is 7.57. The molecule has 0 bridgehead atoms. The number of aromatic nitrogens is 2. The van der Waals surface area contributed by atoms with Crippen molar-refractivity contribution in [1.29, 1.82) is 0 Å². The molecule has 0 aliphatic rings. The van der Waals surface area contributed by atoms with E-state index in [1.807, 2.05) is 0 Å². The van der Waals surface area contributed by atoms with E-state index in [1.165, 1.54) is 0 Å². The van der Waals surface area contributed by atoms with Crippen molar-refractivity contribution in [2.75, 3.05) is 0 Å². The van der Waals surface area contributed by atoms with Gasteiger partial charge in [-0.15, -0.1) is 0 Å². The minimum absolute atomic E-state index is 0. The Morgan fingerprint density at radius 3 is 2.57 bits per heavy atom. The van der Waals surface area contributed by atoms with Crippen LogP contribution < -0.4 is 0 Å². The van der Waals surface area contributed by atoms with Gasteiger partial charge in [0, 0.05) is 41.7 Å².